The van der Waals surface area contributed by atoms with Gasteiger partial charge in [0.05, 0.1) is 6.61 Å². The average Bonchev–Trinajstić information content (AvgIpc) is 2.29. The van der Waals surface area contributed by atoms with Gasteiger partial charge in [-0.3, -0.25) is 0 Å². The maximum absolute atomic E-state index is 13.8. The lowest BCUT2D eigenvalue weighted by Gasteiger charge is -2.19. The highest BCUT2D eigenvalue weighted by molar-refractivity contribution is 7.89. The summed E-state index contributed by atoms with van der Waals surface area (Å²) in [4.78, 5) is -1.01. The highest BCUT2D eigenvalue weighted by Crippen LogP contribution is 2.27. The van der Waals surface area contributed by atoms with Crippen LogP contribution in [0.1, 0.15) is 5.56 Å². The van der Waals surface area contributed by atoms with E-state index < -0.39 is 45.6 Å². The number of hydrogen-bond donors (Lipinski definition) is 1. The molecule has 0 saturated heterocycles. The van der Waals surface area contributed by atoms with Crippen LogP contribution in [0.3, 0.4) is 0 Å². The van der Waals surface area contributed by atoms with Crippen molar-refractivity contribution in [2.24, 2.45) is 0 Å². The minimum Gasteiger partial charge on any atom is -0.392 e. The maximum Gasteiger partial charge on any atom is 0.402 e. The Labute approximate surface area is 117 Å². The standard InChI is InChI=1S/C10H10ClF4NO3S/c1-16(5-10(13,14)15)20(18,19)8-3-7(11)2-6(4-17)9(8)12/h2-3,17H,4-5H2,1H3. The van der Waals surface area contributed by atoms with Crippen molar-refractivity contribution < 1.29 is 31.1 Å². The molecule has 114 valence electrons. The summed E-state index contributed by atoms with van der Waals surface area (Å²) in [6.45, 7) is -2.60. The van der Waals surface area contributed by atoms with Gasteiger partial charge in [0.1, 0.15) is 17.3 Å². The fourth-order valence-electron chi connectivity index (χ4n) is 1.43. The van der Waals surface area contributed by atoms with Gasteiger partial charge in [0.25, 0.3) is 0 Å². The molecule has 0 heterocycles. The molecule has 0 saturated carbocycles. The molecular formula is C10H10ClF4NO3S. The highest BCUT2D eigenvalue weighted by atomic mass is 35.5. The van der Waals surface area contributed by atoms with Crippen LogP contribution in [0.4, 0.5) is 17.6 Å². The number of nitrogens with zero attached hydrogens (tertiary/aromatic N) is 1. The number of benzene rings is 1. The number of rotatable bonds is 4. The van der Waals surface area contributed by atoms with Crippen LogP contribution in [0.2, 0.25) is 5.02 Å². The summed E-state index contributed by atoms with van der Waals surface area (Å²) >= 11 is 5.56. The van der Waals surface area contributed by atoms with Crippen molar-refractivity contribution in [1.82, 2.24) is 4.31 Å². The minimum absolute atomic E-state index is 0.0388. The molecule has 0 aliphatic rings. The molecule has 4 nitrogen and oxygen atoms in total. The van der Waals surface area contributed by atoms with Crippen molar-refractivity contribution >= 4 is 21.6 Å². The van der Waals surface area contributed by atoms with Gasteiger partial charge in [-0.1, -0.05) is 11.6 Å². The largest absolute Gasteiger partial charge is 0.402 e. The van der Waals surface area contributed by atoms with Gasteiger partial charge < -0.3 is 5.11 Å². The lowest BCUT2D eigenvalue weighted by atomic mass is 10.2. The van der Waals surface area contributed by atoms with Crippen molar-refractivity contribution in [3.8, 4) is 0 Å². The summed E-state index contributed by atoms with van der Waals surface area (Å²) in [5, 5.41) is 8.66. The van der Waals surface area contributed by atoms with Gasteiger partial charge in [0.2, 0.25) is 10.0 Å². The number of hydrogen-bond acceptors (Lipinski definition) is 3. The van der Waals surface area contributed by atoms with Gasteiger partial charge >= 0.3 is 6.18 Å². The molecule has 0 aromatic heterocycles. The molecule has 0 unspecified atom stereocenters. The molecule has 0 amide bonds. The minimum atomic E-state index is -4.77. The Bertz CT molecular complexity index is 603. The molecule has 20 heavy (non-hydrogen) atoms. The van der Waals surface area contributed by atoms with Crippen LogP contribution in [-0.2, 0) is 16.6 Å². The van der Waals surface area contributed by atoms with Crippen LogP contribution in [0.5, 0.6) is 0 Å². The summed E-state index contributed by atoms with van der Waals surface area (Å²) in [5.41, 5.74) is -0.420. The average molecular weight is 336 g/mol. The second kappa shape index (κ2) is 5.84. The predicted octanol–water partition coefficient (Wildman–Crippen LogP) is 2.15. The molecule has 0 fully saturated rings. The molecule has 0 spiro atoms. The van der Waals surface area contributed by atoms with E-state index >= 15 is 0 Å². The van der Waals surface area contributed by atoms with E-state index in [-0.39, 0.29) is 9.33 Å². The predicted molar refractivity (Wildman–Crippen MR) is 63.2 cm³/mol. The Morgan fingerprint density at radius 3 is 2.35 bits per heavy atom. The number of halogens is 5. The van der Waals surface area contributed by atoms with Crippen molar-refractivity contribution in [2.75, 3.05) is 13.6 Å². The molecule has 0 bridgehead atoms. The highest BCUT2D eigenvalue weighted by Gasteiger charge is 2.36. The monoisotopic (exact) mass is 335 g/mol. The zero-order chi connectivity index (χ0) is 15.7. The van der Waals surface area contributed by atoms with E-state index in [9.17, 15) is 26.0 Å². The van der Waals surface area contributed by atoms with Gasteiger partial charge in [-0.2, -0.15) is 17.5 Å². The van der Waals surface area contributed by atoms with E-state index in [0.717, 1.165) is 6.07 Å². The second-order valence-corrected chi connectivity index (χ2v) is 6.36. The third-order valence-corrected chi connectivity index (χ3v) is 4.36. The molecule has 1 aromatic rings. The summed E-state index contributed by atoms with van der Waals surface area (Å²) in [7, 11) is -4.05. The molecular weight excluding hydrogens is 326 g/mol. The Morgan fingerprint density at radius 2 is 1.90 bits per heavy atom. The van der Waals surface area contributed by atoms with E-state index in [1.807, 2.05) is 0 Å². The van der Waals surface area contributed by atoms with Gasteiger partial charge in [-0.25, -0.2) is 12.8 Å². The first-order valence-corrected chi connectivity index (χ1v) is 6.92. The van der Waals surface area contributed by atoms with Crippen LogP contribution >= 0.6 is 11.6 Å². The number of aliphatic hydroxyl groups is 1. The lowest BCUT2D eigenvalue weighted by molar-refractivity contribution is -0.134. The van der Waals surface area contributed by atoms with E-state index in [4.69, 9.17) is 16.7 Å². The summed E-state index contributed by atoms with van der Waals surface area (Å²) in [5.74, 6) is -1.33. The third-order valence-electron chi connectivity index (χ3n) is 2.34. The van der Waals surface area contributed by atoms with Gasteiger partial charge in [0.15, 0.2) is 0 Å². The first-order chi connectivity index (χ1) is 8.99. The van der Waals surface area contributed by atoms with Crippen molar-refractivity contribution in [2.45, 2.75) is 17.7 Å². The van der Waals surface area contributed by atoms with Crippen molar-refractivity contribution in [1.29, 1.82) is 0 Å². The first kappa shape index (κ1) is 17.2. The summed E-state index contributed by atoms with van der Waals surface area (Å²) in [6, 6.07) is 1.68. The molecule has 1 rings (SSSR count). The quantitative estimate of drug-likeness (QED) is 0.858. The fourth-order valence-corrected chi connectivity index (χ4v) is 3.02. The zero-order valence-electron chi connectivity index (χ0n) is 10.1. The zero-order valence-corrected chi connectivity index (χ0v) is 11.7. The molecule has 0 aliphatic heterocycles. The Kier molecular flexibility index (Phi) is 5.01. The lowest BCUT2D eigenvalue weighted by Crippen LogP contribution is -2.36. The molecule has 1 aromatic carbocycles. The van der Waals surface area contributed by atoms with E-state index in [1.165, 1.54) is 0 Å². The normalized spacial score (nSPS) is 13.0. The van der Waals surface area contributed by atoms with Gasteiger partial charge in [-0.05, 0) is 12.1 Å². The van der Waals surface area contributed by atoms with Crippen LogP contribution in [-0.4, -0.2) is 37.6 Å². The van der Waals surface area contributed by atoms with Crippen LogP contribution < -0.4 is 0 Å². The maximum atomic E-state index is 13.8. The molecule has 0 aliphatic carbocycles. The van der Waals surface area contributed by atoms with Crippen molar-refractivity contribution in [3.63, 3.8) is 0 Å². The van der Waals surface area contributed by atoms with E-state index in [2.05, 4.69) is 0 Å². The number of aliphatic hydroxyl groups excluding tert-OH is 1. The second-order valence-electron chi connectivity index (χ2n) is 3.91. The molecule has 0 atom stereocenters. The topological polar surface area (TPSA) is 57.6 Å². The van der Waals surface area contributed by atoms with Crippen molar-refractivity contribution in [3.05, 3.63) is 28.5 Å². The fraction of sp³-hybridized carbons (Fsp3) is 0.400. The molecule has 0 radical (unpaired) electrons. The molecule has 10 heteroatoms. The SMILES string of the molecule is CN(CC(F)(F)F)S(=O)(=O)c1cc(Cl)cc(CO)c1F. The van der Waals surface area contributed by atoms with Gasteiger partial charge in [0, 0.05) is 17.6 Å². The smallest absolute Gasteiger partial charge is 0.392 e. The Morgan fingerprint density at radius 1 is 1.35 bits per heavy atom. The Balaban J connectivity index is 3.32. The Hall–Kier alpha value is -0.900. The van der Waals surface area contributed by atoms with Crippen LogP contribution in [0, 0.1) is 5.82 Å². The summed E-state index contributed by atoms with van der Waals surface area (Å²) in [6.07, 6.45) is -4.77. The number of alkyl halides is 3. The van der Waals surface area contributed by atoms with E-state index in [1.54, 1.807) is 0 Å². The molecule has 1 N–H and O–H groups in total. The van der Waals surface area contributed by atoms with Crippen LogP contribution in [0.15, 0.2) is 17.0 Å². The number of sulfonamides is 1. The summed E-state index contributed by atoms with van der Waals surface area (Å²) < 4.78 is 74.2. The van der Waals surface area contributed by atoms with Crippen LogP contribution in [0.25, 0.3) is 0 Å². The van der Waals surface area contributed by atoms with E-state index in [0.29, 0.717) is 13.1 Å². The van der Waals surface area contributed by atoms with Gasteiger partial charge in [-0.15, -0.1) is 0 Å². The third kappa shape index (κ3) is 3.81. The first-order valence-electron chi connectivity index (χ1n) is 5.11.